The number of fused-ring (bicyclic) bond motifs is 2. The molecule has 28 heavy (non-hydrogen) atoms. The topological polar surface area (TPSA) is 59.3 Å². The van der Waals surface area contributed by atoms with Crippen LogP contribution in [0, 0.1) is 20.8 Å². The Balaban J connectivity index is 1.76. The van der Waals surface area contributed by atoms with Crippen LogP contribution in [0.15, 0.2) is 63.8 Å². The van der Waals surface area contributed by atoms with Gasteiger partial charge in [-0.25, -0.2) is 0 Å². The lowest BCUT2D eigenvalue weighted by Gasteiger charge is -2.10. The van der Waals surface area contributed by atoms with Crippen LogP contribution < -0.4 is 10.7 Å². The van der Waals surface area contributed by atoms with Crippen LogP contribution >= 0.6 is 0 Å². The van der Waals surface area contributed by atoms with Gasteiger partial charge in [-0.05, 0) is 56.2 Å². The van der Waals surface area contributed by atoms with Gasteiger partial charge >= 0.3 is 0 Å². The van der Waals surface area contributed by atoms with E-state index in [2.05, 4.69) is 5.32 Å². The second kappa shape index (κ2) is 6.97. The fourth-order valence-electron chi connectivity index (χ4n) is 3.39. The van der Waals surface area contributed by atoms with E-state index >= 15 is 0 Å². The molecular weight excluding hydrogens is 350 g/mol. The molecule has 0 saturated carbocycles. The number of carbonyl (C=O) groups is 1. The number of anilines is 1. The van der Waals surface area contributed by atoms with Crippen molar-refractivity contribution < 1.29 is 9.21 Å². The fraction of sp³-hybridized carbons (Fsp3) is 0.167. The second-order valence-corrected chi connectivity index (χ2v) is 7.20. The van der Waals surface area contributed by atoms with Gasteiger partial charge in [0.2, 0.25) is 11.3 Å². The molecule has 4 rings (SSSR count). The van der Waals surface area contributed by atoms with Crippen molar-refractivity contribution in [1.82, 2.24) is 0 Å². The Kier molecular flexibility index (Phi) is 4.47. The van der Waals surface area contributed by atoms with Crippen LogP contribution in [0.1, 0.15) is 22.3 Å². The summed E-state index contributed by atoms with van der Waals surface area (Å²) in [6, 6.07) is 16.7. The van der Waals surface area contributed by atoms with Gasteiger partial charge in [0.15, 0.2) is 0 Å². The summed E-state index contributed by atoms with van der Waals surface area (Å²) in [5.74, 6) is -0.153. The third kappa shape index (κ3) is 3.18. The fourth-order valence-corrected chi connectivity index (χ4v) is 3.39. The summed E-state index contributed by atoms with van der Waals surface area (Å²) >= 11 is 0. The zero-order valence-electron chi connectivity index (χ0n) is 16.1. The van der Waals surface area contributed by atoms with Crippen LogP contribution in [0.2, 0.25) is 0 Å². The Morgan fingerprint density at radius 1 is 0.893 bits per heavy atom. The van der Waals surface area contributed by atoms with E-state index in [0.717, 1.165) is 22.4 Å². The molecule has 0 radical (unpaired) electrons. The minimum absolute atomic E-state index is 0.0693. The molecule has 0 saturated heterocycles. The summed E-state index contributed by atoms with van der Waals surface area (Å²) in [5, 5.41) is 3.96. The number of rotatable bonds is 3. The van der Waals surface area contributed by atoms with Gasteiger partial charge in [0.25, 0.3) is 0 Å². The smallest absolute Gasteiger partial charge is 0.228 e. The van der Waals surface area contributed by atoms with Crippen LogP contribution in [0.5, 0.6) is 0 Å². The highest BCUT2D eigenvalue weighted by molar-refractivity contribution is 5.97. The number of para-hydroxylation sites is 1. The Hall–Kier alpha value is -3.40. The molecule has 0 aliphatic carbocycles. The van der Waals surface area contributed by atoms with Crippen molar-refractivity contribution in [1.29, 1.82) is 0 Å². The van der Waals surface area contributed by atoms with Crippen LogP contribution in [0.3, 0.4) is 0 Å². The molecule has 0 bridgehead atoms. The zero-order chi connectivity index (χ0) is 19.8. The van der Waals surface area contributed by atoms with Crippen molar-refractivity contribution in [2.75, 3.05) is 5.32 Å². The van der Waals surface area contributed by atoms with Gasteiger partial charge in [0, 0.05) is 11.3 Å². The number of hydrogen-bond donors (Lipinski definition) is 1. The van der Waals surface area contributed by atoms with Crippen molar-refractivity contribution in [2.45, 2.75) is 27.2 Å². The summed E-state index contributed by atoms with van der Waals surface area (Å²) in [7, 11) is 0. The second-order valence-electron chi connectivity index (χ2n) is 7.20. The molecule has 1 heterocycles. The summed E-state index contributed by atoms with van der Waals surface area (Å²) < 4.78 is 6.16. The van der Waals surface area contributed by atoms with Gasteiger partial charge in [-0.3, -0.25) is 9.59 Å². The highest BCUT2D eigenvalue weighted by atomic mass is 16.3. The molecule has 0 aliphatic rings. The summed E-state index contributed by atoms with van der Waals surface area (Å²) in [4.78, 5) is 25.5. The van der Waals surface area contributed by atoms with E-state index in [1.807, 2.05) is 57.2 Å². The van der Waals surface area contributed by atoms with Crippen molar-refractivity contribution >= 4 is 33.5 Å². The van der Waals surface area contributed by atoms with Gasteiger partial charge in [-0.15, -0.1) is 0 Å². The number of aryl methyl sites for hydroxylation is 3. The van der Waals surface area contributed by atoms with Crippen molar-refractivity contribution in [3.8, 4) is 0 Å². The van der Waals surface area contributed by atoms with Gasteiger partial charge in [0.1, 0.15) is 11.2 Å². The number of nitrogens with one attached hydrogen (secondary N) is 1. The first kappa shape index (κ1) is 18.0. The molecular formula is C24H21NO3. The average molecular weight is 371 g/mol. The molecule has 4 heteroatoms. The predicted octanol–water partition coefficient (Wildman–Crippen LogP) is 5.05. The molecule has 0 spiro atoms. The van der Waals surface area contributed by atoms with Gasteiger partial charge in [0.05, 0.1) is 17.2 Å². The van der Waals surface area contributed by atoms with E-state index in [0.29, 0.717) is 27.5 Å². The number of amides is 1. The van der Waals surface area contributed by atoms with E-state index in [9.17, 15) is 9.59 Å². The molecule has 1 N–H and O–H groups in total. The predicted molar refractivity (Wildman–Crippen MR) is 113 cm³/mol. The molecule has 1 aromatic heterocycles. The van der Waals surface area contributed by atoms with Gasteiger partial charge < -0.3 is 9.73 Å². The first-order valence-corrected chi connectivity index (χ1v) is 9.25. The van der Waals surface area contributed by atoms with E-state index in [-0.39, 0.29) is 17.8 Å². The lowest BCUT2D eigenvalue weighted by Crippen LogP contribution is -2.15. The first-order chi connectivity index (χ1) is 13.4. The number of carbonyl (C=O) groups excluding carboxylic acids is 1. The van der Waals surface area contributed by atoms with E-state index in [1.165, 1.54) is 0 Å². The quantitative estimate of drug-likeness (QED) is 0.513. The summed E-state index contributed by atoms with van der Waals surface area (Å²) in [5.41, 5.74) is 5.57. The molecule has 4 nitrogen and oxygen atoms in total. The summed E-state index contributed by atoms with van der Waals surface area (Å²) in [6.07, 6.45) is 0.129. The standard InChI is InChI=1S/C24H21NO3/c1-14-7-10-18(11-8-14)25-21(26)13-17-5-4-6-19-22(27)20-12-9-15(2)16(3)23(20)28-24(17)19/h4-12H,13H2,1-3H3,(H,25,26). The molecule has 0 aliphatic heterocycles. The van der Waals surface area contributed by atoms with Crippen molar-refractivity contribution in [3.05, 3.63) is 87.1 Å². The zero-order valence-corrected chi connectivity index (χ0v) is 16.1. The van der Waals surface area contributed by atoms with Gasteiger partial charge in [-0.1, -0.05) is 35.9 Å². The SMILES string of the molecule is Cc1ccc(NC(=O)Cc2cccc3c(=O)c4ccc(C)c(C)c4oc23)cc1. The highest BCUT2D eigenvalue weighted by Crippen LogP contribution is 2.26. The van der Waals surface area contributed by atoms with Crippen LogP contribution in [0.4, 0.5) is 5.69 Å². The maximum atomic E-state index is 13.0. The maximum absolute atomic E-state index is 13.0. The summed E-state index contributed by atoms with van der Waals surface area (Å²) in [6.45, 7) is 5.93. The Labute approximate surface area is 162 Å². The van der Waals surface area contributed by atoms with E-state index in [1.54, 1.807) is 18.2 Å². The minimum atomic E-state index is -0.153. The maximum Gasteiger partial charge on any atom is 0.228 e. The van der Waals surface area contributed by atoms with Gasteiger partial charge in [-0.2, -0.15) is 0 Å². The third-order valence-corrected chi connectivity index (χ3v) is 5.15. The normalized spacial score (nSPS) is 11.1. The molecule has 3 aromatic carbocycles. The average Bonchev–Trinajstić information content (AvgIpc) is 2.68. The molecule has 1 amide bonds. The largest absolute Gasteiger partial charge is 0.455 e. The minimum Gasteiger partial charge on any atom is -0.455 e. The molecule has 0 unspecified atom stereocenters. The first-order valence-electron chi connectivity index (χ1n) is 9.25. The number of hydrogen-bond acceptors (Lipinski definition) is 3. The molecule has 4 aromatic rings. The van der Waals surface area contributed by atoms with E-state index in [4.69, 9.17) is 4.42 Å². The van der Waals surface area contributed by atoms with Crippen LogP contribution in [-0.4, -0.2) is 5.91 Å². The van der Waals surface area contributed by atoms with E-state index < -0.39 is 0 Å². The number of benzene rings is 3. The van der Waals surface area contributed by atoms with Crippen LogP contribution in [-0.2, 0) is 11.2 Å². The Bertz CT molecular complexity index is 1270. The lowest BCUT2D eigenvalue weighted by molar-refractivity contribution is -0.115. The highest BCUT2D eigenvalue weighted by Gasteiger charge is 2.15. The van der Waals surface area contributed by atoms with Crippen molar-refractivity contribution in [3.63, 3.8) is 0 Å². The molecule has 0 fully saturated rings. The Morgan fingerprint density at radius 2 is 1.61 bits per heavy atom. The molecule has 0 atom stereocenters. The monoisotopic (exact) mass is 371 g/mol. The third-order valence-electron chi connectivity index (χ3n) is 5.15. The van der Waals surface area contributed by atoms with Crippen LogP contribution in [0.25, 0.3) is 21.9 Å². The van der Waals surface area contributed by atoms with Crippen molar-refractivity contribution in [2.24, 2.45) is 0 Å². The lowest BCUT2D eigenvalue weighted by atomic mass is 10.0. The Morgan fingerprint density at radius 3 is 2.36 bits per heavy atom. The molecule has 140 valence electrons.